The molecule has 0 aromatic carbocycles. The Balaban J connectivity index is 1.37. The first-order valence-electron chi connectivity index (χ1n) is 8.66. The molecule has 1 saturated heterocycles. The van der Waals surface area contributed by atoms with Gasteiger partial charge in [0, 0.05) is 37.0 Å². The SMILES string of the molecule is CC(C)c1noc(CN2CCN(CC(=O)NCc3cccs3)CC2)n1. The molecule has 2 aromatic rings. The van der Waals surface area contributed by atoms with Gasteiger partial charge in [-0.25, -0.2) is 0 Å². The van der Waals surface area contributed by atoms with Crippen LogP contribution >= 0.6 is 11.3 Å². The fourth-order valence-electron chi connectivity index (χ4n) is 2.72. The third kappa shape index (κ3) is 5.35. The van der Waals surface area contributed by atoms with Gasteiger partial charge in [0.15, 0.2) is 5.82 Å². The first-order chi connectivity index (χ1) is 12.1. The van der Waals surface area contributed by atoms with Crippen LogP contribution in [0.1, 0.15) is 36.4 Å². The lowest BCUT2D eigenvalue weighted by Crippen LogP contribution is -2.49. The van der Waals surface area contributed by atoms with Crippen molar-refractivity contribution < 1.29 is 9.32 Å². The molecule has 0 bridgehead atoms. The van der Waals surface area contributed by atoms with E-state index in [-0.39, 0.29) is 11.8 Å². The molecule has 3 heterocycles. The molecule has 0 saturated carbocycles. The summed E-state index contributed by atoms with van der Waals surface area (Å²) in [6.45, 7) is 9.40. The number of rotatable bonds is 7. The molecule has 1 fully saturated rings. The van der Waals surface area contributed by atoms with E-state index in [2.05, 4.69) is 39.1 Å². The molecule has 3 rings (SSSR count). The van der Waals surface area contributed by atoms with E-state index in [1.807, 2.05) is 17.5 Å². The van der Waals surface area contributed by atoms with Crippen LogP contribution in [0.3, 0.4) is 0 Å². The number of aromatic nitrogens is 2. The van der Waals surface area contributed by atoms with Crippen molar-refractivity contribution in [2.75, 3.05) is 32.7 Å². The number of piperazine rings is 1. The average molecular weight is 363 g/mol. The summed E-state index contributed by atoms with van der Waals surface area (Å²) in [5, 5.41) is 9.00. The summed E-state index contributed by atoms with van der Waals surface area (Å²) < 4.78 is 5.31. The Labute approximate surface area is 152 Å². The average Bonchev–Trinajstić information content (AvgIpc) is 3.26. The lowest BCUT2D eigenvalue weighted by atomic mass is 10.2. The van der Waals surface area contributed by atoms with Crippen LogP contribution in [0.5, 0.6) is 0 Å². The third-order valence-electron chi connectivity index (χ3n) is 4.23. The first-order valence-corrected chi connectivity index (χ1v) is 9.54. The minimum absolute atomic E-state index is 0.0836. The number of carbonyl (C=O) groups excluding carboxylic acids is 1. The van der Waals surface area contributed by atoms with E-state index in [0.29, 0.717) is 25.5 Å². The zero-order valence-corrected chi connectivity index (χ0v) is 15.6. The Morgan fingerprint density at radius 2 is 2.08 bits per heavy atom. The molecular weight excluding hydrogens is 338 g/mol. The van der Waals surface area contributed by atoms with Crippen molar-refractivity contribution in [2.45, 2.75) is 32.9 Å². The molecule has 0 unspecified atom stereocenters. The van der Waals surface area contributed by atoms with E-state index < -0.39 is 0 Å². The predicted octanol–water partition coefficient (Wildman–Crippen LogP) is 1.69. The largest absolute Gasteiger partial charge is 0.350 e. The number of hydrogen-bond donors (Lipinski definition) is 1. The van der Waals surface area contributed by atoms with E-state index in [0.717, 1.165) is 32.0 Å². The second-order valence-corrected chi connectivity index (χ2v) is 7.64. The fraction of sp³-hybridized carbons (Fsp3) is 0.588. The molecule has 0 aliphatic carbocycles. The number of nitrogens with zero attached hydrogens (tertiary/aromatic N) is 4. The third-order valence-corrected chi connectivity index (χ3v) is 5.11. The van der Waals surface area contributed by atoms with Gasteiger partial charge in [-0.15, -0.1) is 11.3 Å². The summed E-state index contributed by atoms with van der Waals surface area (Å²) >= 11 is 1.66. The van der Waals surface area contributed by atoms with Gasteiger partial charge in [-0.1, -0.05) is 25.1 Å². The zero-order valence-electron chi connectivity index (χ0n) is 14.8. The van der Waals surface area contributed by atoms with Crippen molar-refractivity contribution in [2.24, 2.45) is 0 Å². The first kappa shape index (κ1) is 18.0. The van der Waals surface area contributed by atoms with Crippen molar-refractivity contribution in [3.05, 3.63) is 34.1 Å². The number of nitrogens with one attached hydrogen (secondary N) is 1. The number of thiophene rings is 1. The Morgan fingerprint density at radius 3 is 2.72 bits per heavy atom. The summed E-state index contributed by atoms with van der Waals surface area (Å²) in [7, 11) is 0. The molecule has 0 spiro atoms. The monoisotopic (exact) mass is 363 g/mol. The summed E-state index contributed by atoms with van der Waals surface area (Å²) in [4.78, 5) is 22.1. The standard InChI is InChI=1S/C17H25N5O2S/c1-13(2)17-19-16(24-20-17)12-22-7-5-21(6-8-22)11-15(23)18-10-14-4-3-9-25-14/h3-4,9,13H,5-8,10-12H2,1-2H3,(H,18,23). The number of carbonyl (C=O) groups is 1. The Hall–Kier alpha value is -1.77. The van der Waals surface area contributed by atoms with Gasteiger partial charge < -0.3 is 9.84 Å². The maximum atomic E-state index is 12.1. The molecule has 1 aliphatic rings. The minimum Gasteiger partial charge on any atom is -0.350 e. The van der Waals surface area contributed by atoms with Gasteiger partial charge in [0.2, 0.25) is 11.8 Å². The smallest absolute Gasteiger partial charge is 0.240 e. The Kier molecular flexibility index (Phi) is 6.17. The van der Waals surface area contributed by atoms with Gasteiger partial charge in [-0.05, 0) is 11.4 Å². The quantitative estimate of drug-likeness (QED) is 0.807. The molecule has 0 atom stereocenters. The van der Waals surface area contributed by atoms with Crippen LogP contribution in [0.25, 0.3) is 0 Å². The second kappa shape index (κ2) is 8.55. The lowest BCUT2D eigenvalue weighted by Gasteiger charge is -2.33. The maximum Gasteiger partial charge on any atom is 0.240 e. The van der Waals surface area contributed by atoms with Crippen LogP contribution in [0, 0.1) is 0 Å². The van der Waals surface area contributed by atoms with E-state index in [1.54, 1.807) is 11.3 Å². The van der Waals surface area contributed by atoms with Gasteiger partial charge in [0.1, 0.15) is 0 Å². The van der Waals surface area contributed by atoms with Crippen LogP contribution in [-0.2, 0) is 17.9 Å². The number of amides is 1. The van der Waals surface area contributed by atoms with Gasteiger partial charge >= 0.3 is 0 Å². The normalized spacial score (nSPS) is 16.4. The molecular formula is C17H25N5O2S. The lowest BCUT2D eigenvalue weighted by molar-refractivity contribution is -0.122. The molecule has 1 amide bonds. The zero-order chi connectivity index (χ0) is 17.6. The summed E-state index contributed by atoms with van der Waals surface area (Å²) in [5.74, 6) is 1.80. The van der Waals surface area contributed by atoms with E-state index in [9.17, 15) is 4.79 Å². The molecule has 0 radical (unpaired) electrons. The topological polar surface area (TPSA) is 74.5 Å². The van der Waals surface area contributed by atoms with Crippen molar-refractivity contribution in [1.29, 1.82) is 0 Å². The summed E-state index contributed by atoms with van der Waals surface area (Å²) in [5.41, 5.74) is 0. The van der Waals surface area contributed by atoms with Crippen molar-refractivity contribution in [1.82, 2.24) is 25.3 Å². The maximum absolute atomic E-state index is 12.1. The second-order valence-electron chi connectivity index (χ2n) is 6.61. The molecule has 136 valence electrons. The van der Waals surface area contributed by atoms with Gasteiger partial charge in [0.05, 0.1) is 19.6 Å². The van der Waals surface area contributed by atoms with Gasteiger partial charge in [0.25, 0.3) is 0 Å². The van der Waals surface area contributed by atoms with Crippen molar-refractivity contribution in [3.8, 4) is 0 Å². The van der Waals surface area contributed by atoms with E-state index in [1.165, 1.54) is 4.88 Å². The van der Waals surface area contributed by atoms with Crippen LogP contribution in [-0.4, -0.2) is 58.6 Å². The van der Waals surface area contributed by atoms with Gasteiger partial charge in [-0.3, -0.25) is 14.6 Å². The Bertz CT molecular complexity index is 662. The van der Waals surface area contributed by atoms with Gasteiger partial charge in [-0.2, -0.15) is 4.98 Å². The molecule has 25 heavy (non-hydrogen) atoms. The fourth-order valence-corrected chi connectivity index (χ4v) is 3.37. The molecule has 7 nitrogen and oxygen atoms in total. The van der Waals surface area contributed by atoms with E-state index in [4.69, 9.17) is 4.52 Å². The van der Waals surface area contributed by atoms with Crippen LogP contribution in [0.2, 0.25) is 0 Å². The highest BCUT2D eigenvalue weighted by molar-refractivity contribution is 7.09. The highest BCUT2D eigenvalue weighted by Crippen LogP contribution is 2.12. The van der Waals surface area contributed by atoms with Crippen molar-refractivity contribution >= 4 is 17.2 Å². The minimum atomic E-state index is 0.0836. The summed E-state index contributed by atoms with van der Waals surface area (Å²) in [6, 6.07) is 4.03. The van der Waals surface area contributed by atoms with Crippen LogP contribution < -0.4 is 5.32 Å². The molecule has 1 aliphatic heterocycles. The van der Waals surface area contributed by atoms with Crippen molar-refractivity contribution in [3.63, 3.8) is 0 Å². The van der Waals surface area contributed by atoms with E-state index >= 15 is 0 Å². The highest BCUT2D eigenvalue weighted by Gasteiger charge is 2.21. The molecule has 8 heteroatoms. The molecule has 1 N–H and O–H groups in total. The number of hydrogen-bond acceptors (Lipinski definition) is 7. The van der Waals surface area contributed by atoms with Crippen LogP contribution in [0.15, 0.2) is 22.0 Å². The molecule has 2 aromatic heterocycles. The Morgan fingerprint density at radius 1 is 1.32 bits per heavy atom. The summed E-state index contributed by atoms with van der Waals surface area (Å²) in [6.07, 6.45) is 0. The highest BCUT2D eigenvalue weighted by atomic mass is 32.1. The predicted molar refractivity (Wildman–Crippen MR) is 96.3 cm³/mol. The van der Waals surface area contributed by atoms with Crippen LogP contribution in [0.4, 0.5) is 0 Å².